The lowest BCUT2D eigenvalue weighted by atomic mass is 10.1. The van der Waals surface area contributed by atoms with Crippen molar-refractivity contribution >= 4 is 23.8 Å². The van der Waals surface area contributed by atoms with Crippen LogP contribution in [0.2, 0.25) is 0 Å². The average molecular weight is 583 g/mol. The van der Waals surface area contributed by atoms with Gasteiger partial charge in [0, 0.05) is 45.4 Å². The molecule has 2 atom stereocenters. The van der Waals surface area contributed by atoms with E-state index in [1.54, 1.807) is 16.9 Å². The van der Waals surface area contributed by atoms with Crippen LogP contribution in [0.3, 0.4) is 0 Å². The summed E-state index contributed by atoms with van der Waals surface area (Å²) in [6.07, 6.45) is 0.533. The molecule has 2 aliphatic rings. The van der Waals surface area contributed by atoms with E-state index in [9.17, 15) is 19.2 Å². The Kier molecular flexibility index (Phi) is 9.59. The first-order chi connectivity index (χ1) is 20.0. The summed E-state index contributed by atoms with van der Waals surface area (Å²) in [6.45, 7) is 7.49. The number of carbonyl (C=O) groups excluding carboxylic acids is 2. The Balaban J connectivity index is 1.27. The minimum Gasteiger partial charge on any atom is -0.493 e. The number of amides is 2. The fourth-order valence-electron chi connectivity index (χ4n) is 5.12. The van der Waals surface area contributed by atoms with Crippen LogP contribution in [0, 0.1) is 18.8 Å². The summed E-state index contributed by atoms with van der Waals surface area (Å²) in [4.78, 5) is 50.7. The number of benzene rings is 2. The largest absolute Gasteiger partial charge is 0.493 e. The molecular weight excluding hydrogens is 544 g/mol. The monoisotopic (exact) mass is 582 g/mol. The van der Waals surface area contributed by atoms with Crippen LogP contribution in [0.25, 0.3) is 0 Å². The molecular formula is C31H38N2O9. The van der Waals surface area contributed by atoms with Crippen LogP contribution in [0.5, 0.6) is 17.2 Å². The highest BCUT2D eigenvalue weighted by Gasteiger charge is 2.29. The molecule has 0 saturated heterocycles. The van der Waals surface area contributed by atoms with Gasteiger partial charge in [-0.15, -0.1) is 0 Å². The molecule has 11 nitrogen and oxygen atoms in total. The summed E-state index contributed by atoms with van der Waals surface area (Å²) >= 11 is 0. The first-order valence-corrected chi connectivity index (χ1v) is 14.1. The fraction of sp³-hybridized carbons (Fsp3) is 0.484. The summed E-state index contributed by atoms with van der Waals surface area (Å²) < 4.78 is 17.5. The third-order valence-electron chi connectivity index (χ3n) is 7.74. The first-order valence-electron chi connectivity index (χ1n) is 14.1. The second kappa shape index (κ2) is 13.1. The molecule has 2 heterocycles. The number of nitrogens with zero attached hydrogens (tertiary/aromatic N) is 2. The van der Waals surface area contributed by atoms with E-state index in [4.69, 9.17) is 24.4 Å². The van der Waals surface area contributed by atoms with Gasteiger partial charge in [-0.1, -0.05) is 19.9 Å². The fourth-order valence-corrected chi connectivity index (χ4v) is 5.12. The van der Waals surface area contributed by atoms with Gasteiger partial charge in [0.1, 0.15) is 5.75 Å². The Morgan fingerprint density at radius 1 is 0.714 bits per heavy atom. The maximum absolute atomic E-state index is 12.6. The second-order valence-corrected chi connectivity index (χ2v) is 11.1. The van der Waals surface area contributed by atoms with E-state index in [1.807, 2.05) is 31.2 Å². The topological polar surface area (TPSA) is 143 Å². The molecule has 4 rings (SSSR count). The zero-order valence-corrected chi connectivity index (χ0v) is 24.5. The molecule has 2 aliphatic heterocycles. The van der Waals surface area contributed by atoms with E-state index in [0.29, 0.717) is 57.3 Å². The minimum absolute atomic E-state index is 0.0247. The molecule has 0 bridgehead atoms. The van der Waals surface area contributed by atoms with E-state index in [1.165, 1.54) is 13.8 Å². The quantitative estimate of drug-likeness (QED) is 0.338. The van der Waals surface area contributed by atoms with E-state index in [0.717, 1.165) is 33.6 Å². The molecule has 0 aromatic heterocycles. The van der Waals surface area contributed by atoms with Crippen molar-refractivity contribution in [1.82, 2.24) is 9.80 Å². The van der Waals surface area contributed by atoms with Crippen molar-refractivity contribution in [2.24, 2.45) is 11.8 Å². The first kappa shape index (κ1) is 30.7. The Labute approximate surface area is 245 Å². The summed E-state index contributed by atoms with van der Waals surface area (Å²) in [5.74, 6) is -1.94. The Morgan fingerprint density at radius 2 is 1.12 bits per heavy atom. The van der Waals surface area contributed by atoms with E-state index in [2.05, 4.69) is 0 Å². The van der Waals surface area contributed by atoms with Crippen molar-refractivity contribution in [3.63, 3.8) is 0 Å². The summed E-state index contributed by atoms with van der Waals surface area (Å²) in [6, 6.07) is 7.70. The molecule has 0 unspecified atom stereocenters. The smallest absolute Gasteiger partial charge is 0.306 e. The Hall–Kier alpha value is -4.28. The average Bonchev–Trinajstić information content (AvgIpc) is 3.55. The standard InChI is InChI=1S/C31H38N2O9/c1-18-8-21-14-32(28(34)9-19(2)30(36)37)15-22(21)11-25(18)41-6-5-7-42-27-13-24-17-33(16-23(24)12-26(27)40-4)29(35)10-20(3)31(38)39/h8,11-13,19-20H,5-7,9-10,14-17H2,1-4H3,(H,36,37)(H,38,39)/t19-,20-/m0/s1. The second-order valence-electron chi connectivity index (χ2n) is 11.1. The van der Waals surface area contributed by atoms with E-state index < -0.39 is 23.8 Å². The SMILES string of the molecule is COc1cc2c(cc1OCCCOc1cc3c(cc1C)CN(C(=O)C[C@H](C)C(=O)O)C3)CN(C(=O)C[C@H](C)C(=O)O)C2. The zero-order chi connectivity index (χ0) is 30.6. The molecule has 2 aromatic carbocycles. The molecule has 11 heteroatoms. The van der Waals surface area contributed by atoms with Gasteiger partial charge >= 0.3 is 11.9 Å². The van der Waals surface area contributed by atoms with Crippen LogP contribution in [0.1, 0.15) is 60.9 Å². The number of hydrogen-bond donors (Lipinski definition) is 2. The van der Waals surface area contributed by atoms with Crippen LogP contribution >= 0.6 is 0 Å². The lowest BCUT2D eigenvalue weighted by molar-refractivity contribution is -0.145. The van der Waals surface area contributed by atoms with Crippen molar-refractivity contribution in [3.05, 3.63) is 52.1 Å². The van der Waals surface area contributed by atoms with Crippen molar-refractivity contribution in [3.8, 4) is 17.2 Å². The van der Waals surface area contributed by atoms with E-state index >= 15 is 0 Å². The Bertz CT molecular complexity index is 1370. The number of rotatable bonds is 13. The number of aliphatic carboxylic acids is 2. The maximum Gasteiger partial charge on any atom is 0.306 e. The van der Waals surface area contributed by atoms with Gasteiger partial charge in [-0.2, -0.15) is 0 Å². The summed E-state index contributed by atoms with van der Waals surface area (Å²) in [5, 5.41) is 18.2. The number of hydrogen-bond acceptors (Lipinski definition) is 7. The van der Waals surface area contributed by atoms with E-state index in [-0.39, 0.29) is 24.7 Å². The van der Waals surface area contributed by atoms with Crippen LogP contribution < -0.4 is 14.2 Å². The number of carbonyl (C=O) groups is 4. The molecule has 226 valence electrons. The number of aryl methyl sites for hydroxylation is 1. The molecule has 42 heavy (non-hydrogen) atoms. The van der Waals surface area contributed by atoms with Crippen molar-refractivity contribution in [2.45, 2.75) is 66.2 Å². The van der Waals surface area contributed by atoms with Crippen LogP contribution in [0.4, 0.5) is 0 Å². The summed E-state index contributed by atoms with van der Waals surface area (Å²) in [7, 11) is 1.56. The van der Waals surface area contributed by atoms with Gasteiger partial charge in [0.25, 0.3) is 0 Å². The molecule has 2 N–H and O–H groups in total. The molecule has 0 spiro atoms. The highest BCUT2D eigenvalue weighted by molar-refractivity contribution is 5.83. The number of fused-ring (bicyclic) bond motifs is 2. The summed E-state index contributed by atoms with van der Waals surface area (Å²) in [5.41, 5.74) is 4.88. The molecule has 2 aromatic rings. The third kappa shape index (κ3) is 7.13. The minimum atomic E-state index is -0.990. The lowest BCUT2D eigenvalue weighted by Gasteiger charge is -2.16. The van der Waals surface area contributed by atoms with Crippen molar-refractivity contribution in [1.29, 1.82) is 0 Å². The van der Waals surface area contributed by atoms with Crippen LogP contribution in [-0.2, 0) is 45.4 Å². The zero-order valence-electron chi connectivity index (χ0n) is 24.5. The Morgan fingerprint density at radius 3 is 1.57 bits per heavy atom. The van der Waals surface area contributed by atoms with Gasteiger partial charge in [0.15, 0.2) is 11.5 Å². The molecule has 0 radical (unpaired) electrons. The normalized spacial score (nSPS) is 15.0. The van der Waals surface area contributed by atoms with Crippen LogP contribution in [-0.4, -0.2) is 64.1 Å². The molecule has 0 fully saturated rings. The van der Waals surface area contributed by atoms with Gasteiger partial charge in [0.2, 0.25) is 11.8 Å². The van der Waals surface area contributed by atoms with Gasteiger partial charge < -0.3 is 34.2 Å². The third-order valence-corrected chi connectivity index (χ3v) is 7.74. The predicted octanol–water partition coefficient (Wildman–Crippen LogP) is 3.76. The van der Waals surface area contributed by atoms with Gasteiger partial charge in [-0.05, 0) is 52.9 Å². The number of carboxylic acid groups (broad SMARTS) is 2. The van der Waals surface area contributed by atoms with Crippen LogP contribution in [0.15, 0.2) is 24.3 Å². The number of ether oxygens (including phenoxy) is 3. The molecule has 2 amide bonds. The number of methoxy groups -OCH3 is 1. The highest BCUT2D eigenvalue weighted by atomic mass is 16.5. The predicted molar refractivity (Wildman–Crippen MR) is 151 cm³/mol. The van der Waals surface area contributed by atoms with Gasteiger partial charge in [-0.3, -0.25) is 19.2 Å². The number of carboxylic acids is 2. The van der Waals surface area contributed by atoms with Crippen molar-refractivity contribution < 1.29 is 43.6 Å². The lowest BCUT2D eigenvalue weighted by Crippen LogP contribution is -2.28. The molecule has 0 saturated carbocycles. The molecule has 0 aliphatic carbocycles. The maximum atomic E-state index is 12.6. The van der Waals surface area contributed by atoms with Gasteiger partial charge in [0.05, 0.1) is 32.2 Å². The van der Waals surface area contributed by atoms with Gasteiger partial charge in [-0.25, -0.2) is 0 Å². The van der Waals surface area contributed by atoms with Crippen molar-refractivity contribution in [2.75, 3.05) is 20.3 Å². The highest BCUT2D eigenvalue weighted by Crippen LogP contribution is 2.36.